The summed E-state index contributed by atoms with van der Waals surface area (Å²) in [6.07, 6.45) is 1.67. The van der Waals surface area contributed by atoms with Gasteiger partial charge in [-0.05, 0) is 45.0 Å². The molecule has 0 radical (unpaired) electrons. The zero-order valence-electron chi connectivity index (χ0n) is 12.3. The van der Waals surface area contributed by atoms with Crippen molar-refractivity contribution in [1.29, 1.82) is 0 Å². The molecular weight excluding hydrogens is 288 g/mol. The van der Waals surface area contributed by atoms with Gasteiger partial charge in [0.2, 0.25) is 10.0 Å². The van der Waals surface area contributed by atoms with Crippen LogP contribution in [0.2, 0.25) is 0 Å². The van der Waals surface area contributed by atoms with Gasteiger partial charge in [-0.25, -0.2) is 8.42 Å². The molecule has 0 unspecified atom stereocenters. The SMILES string of the molecule is Cc1ccc(S(=O)(=O)N2C[C@@H](O)[C@H](N3CCCC3)C2)cc1. The number of sulfonamides is 1. The van der Waals surface area contributed by atoms with Crippen LogP contribution in [-0.4, -0.2) is 61.1 Å². The summed E-state index contributed by atoms with van der Waals surface area (Å²) in [5.41, 5.74) is 1.03. The Morgan fingerprint density at radius 1 is 1.10 bits per heavy atom. The van der Waals surface area contributed by atoms with Gasteiger partial charge in [0.15, 0.2) is 0 Å². The van der Waals surface area contributed by atoms with Gasteiger partial charge in [-0.3, -0.25) is 4.90 Å². The number of nitrogens with zero attached hydrogens (tertiary/aromatic N) is 2. The second-order valence-electron chi connectivity index (χ2n) is 6.01. The molecule has 21 heavy (non-hydrogen) atoms. The van der Waals surface area contributed by atoms with E-state index < -0.39 is 16.1 Å². The fourth-order valence-corrected chi connectivity index (χ4v) is 4.70. The van der Waals surface area contributed by atoms with Crippen LogP contribution in [0.25, 0.3) is 0 Å². The molecule has 116 valence electrons. The van der Waals surface area contributed by atoms with E-state index in [-0.39, 0.29) is 12.6 Å². The smallest absolute Gasteiger partial charge is 0.243 e. The summed E-state index contributed by atoms with van der Waals surface area (Å²) in [5.74, 6) is 0. The molecule has 2 fully saturated rings. The number of likely N-dealkylation sites (tertiary alicyclic amines) is 1. The zero-order valence-corrected chi connectivity index (χ0v) is 13.1. The van der Waals surface area contributed by atoms with Crippen LogP contribution in [0.1, 0.15) is 18.4 Å². The van der Waals surface area contributed by atoms with Crippen molar-refractivity contribution < 1.29 is 13.5 Å². The van der Waals surface area contributed by atoms with Gasteiger partial charge in [0.1, 0.15) is 0 Å². The van der Waals surface area contributed by atoms with E-state index in [2.05, 4.69) is 4.90 Å². The summed E-state index contributed by atoms with van der Waals surface area (Å²) in [5, 5.41) is 10.2. The molecule has 1 aromatic carbocycles. The van der Waals surface area contributed by atoms with Crippen molar-refractivity contribution in [1.82, 2.24) is 9.21 Å². The van der Waals surface area contributed by atoms with Crippen LogP contribution < -0.4 is 0 Å². The molecule has 5 nitrogen and oxygen atoms in total. The minimum absolute atomic E-state index is 0.0623. The third kappa shape index (κ3) is 2.85. The van der Waals surface area contributed by atoms with Crippen molar-refractivity contribution >= 4 is 10.0 Å². The highest BCUT2D eigenvalue weighted by Crippen LogP contribution is 2.26. The molecule has 6 heteroatoms. The highest BCUT2D eigenvalue weighted by molar-refractivity contribution is 7.89. The fraction of sp³-hybridized carbons (Fsp3) is 0.600. The number of hydrogen-bond acceptors (Lipinski definition) is 4. The molecule has 0 spiro atoms. The van der Waals surface area contributed by atoms with Crippen LogP contribution in [0, 0.1) is 6.92 Å². The number of benzene rings is 1. The van der Waals surface area contributed by atoms with E-state index in [0.29, 0.717) is 11.4 Å². The van der Waals surface area contributed by atoms with Gasteiger partial charge in [0.25, 0.3) is 0 Å². The zero-order chi connectivity index (χ0) is 15.0. The van der Waals surface area contributed by atoms with E-state index in [0.717, 1.165) is 31.5 Å². The van der Waals surface area contributed by atoms with Crippen molar-refractivity contribution in [2.75, 3.05) is 26.2 Å². The first-order valence-corrected chi connectivity index (χ1v) is 8.91. The lowest BCUT2D eigenvalue weighted by molar-refractivity contribution is 0.0983. The maximum Gasteiger partial charge on any atom is 0.243 e. The Morgan fingerprint density at radius 3 is 2.33 bits per heavy atom. The lowest BCUT2D eigenvalue weighted by atomic mass is 10.2. The Bertz CT molecular complexity index is 594. The quantitative estimate of drug-likeness (QED) is 0.898. The Labute approximate surface area is 126 Å². The Balaban J connectivity index is 1.79. The molecule has 0 bridgehead atoms. The molecule has 2 aliphatic heterocycles. The summed E-state index contributed by atoms with van der Waals surface area (Å²) in [4.78, 5) is 2.53. The van der Waals surface area contributed by atoms with Crippen LogP contribution in [0.5, 0.6) is 0 Å². The topological polar surface area (TPSA) is 60.9 Å². The molecule has 2 saturated heterocycles. The molecule has 2 atom stereocenters. The molecule has 0 aliphatic carbocycles. The van der Waals surface area contributed by atoms with E-state index in [4.69, 9.17) is 0 Å². The van der Waals surface area contributed by atoms with E-state index >= 15 is 0 Å². The molecule has 0 amide bonds. The number of aryl methyl sites for hydroxylation is 1. The third-order valence-corrected chi connectivity index (χ3v) is 6.34. The first-order chi connectivity index (χ1) is 9.98. The summed E-state index contributed by atoms with van der Waals surface area (Å²) in [6.45, 7) is 4.43. The van der Waals surface area contributed by atoms with E-state index in [1.165, 1.54) is 4.31 Å². The van der Waals surface area contributed by atoms with Gasteiger partial charge in [-0.15, -0.1) is 0 Å². The van der Waals surface area contributed by atoms with Gasteiger partial charge in [0, 0.05) is 13.1 Å². The molecule has 0 saturated carbocycles. The first kappa shape index (κ1) is 15.0. The fourth-order valence-electron chi connectivity index (χ4n) is 3.22. The number of rotatable bonds is 3. The third-order valence-electron chi connectivity index (χ3n) is 4.49. The number of hydrogen-bond donors (Lipinski definition) is 1. The van der Waals surface area contributed by atoms with Crippen LogP contribution in [0.15, 0.2) is 29.2 Å². The Kier molecular flexibility index (Phi) is 4.05. The molecule has 1 N–H and O–H groups in total. The maximum atomic E-state index is 12.6. The second-order valence-corrected chi connectivity index (χ2v) is 7.95. The van der Waals surface area contributed by atoms with Crippen molar-refractivity contribution in [2.24, 2.45) is 0 Å². The molecule has 0 aromatic heterocycles. The monoisotopic (exact) mass is 310 g/mol. The highest BCUT2D eigenvalue weighted by Gasteiger charge is 2.41. The summed E-state index contributed by atoms with van der Waals surface area (Å²) in [7, 11) is -3.50. The Hall–Kier alpha value is -0.950. The minimum Gasteiger partial charge on any atom is -0.390 e. The largest absolute Gasteiger partial charge is 0.390 e. The standard InChI is InChI=1S/C15H22N2O3S/c1-12-4-6-13(7-5-12)21(19,20)17-10-14(15(18)11-17)16-8-2-3-9-16/h4-7,14-15,18H,2-3,8-11H2,1H3/t14-,15-/m1/s1. The van der Waals surface area contributed by atoms with Gasteiger partial charge in [-0.2, -0.15) is 4.31 Å². The van der Waals surface area contributed by atoms with Crippen LogP contribution in [0.4, 0.5) is 0 Å². The molecule has 2 aliphatic rings. The predicted molar refractivity (Wildman–Crippen MR) is 80.5 cm³/mol. The van der Waals surface area contributed by atoms with Crippen LogP contribution in [-0.2, 0) is 10.0 Å². The van der Waals surface area contributed by atoms with Crippen LogP contribution >= 0.6 is 0 Å². The summed E-state index contributed by atoms with van der Waals surface area (Å²) in [6, 6.07) is 6.82. The van der Waals surface area contributed by atoms with Gasteiger partial charge in [0.05, 0.1) is 17.0 Å². The van der Waals surface area contributed by atoms with Crippen molar-refractivity contribution in [3.63, 3.8) is 0 Å². The second kappa shape index (κ2) is 5.68. The van der Waals surface area contributed by atoms with Crippen molar-refractivity contribution in [3.8, 4) is 0 Å². The molecule has 2 heterocycles. The number of aliphatic hydroxyl groups excluding tert-OH is 1. The Morgan fingerprint density at radius 2 is 1.71 bits per heavy atom. The molecule has 1 aromatic rings. The van der Waals surface area contributed by atoms with E-state index in [1.54, 1.807) is 24.3 Å². The van der Waals surface area contributed by atoms with Crippen molar-refractivity contribution in [3.05, 3.63) is 29.8 Å². The van der Waals surface area contributed by atoms with Crippen molar-refractivity contribution in [2.45, 2.75) is 36.8 Å². The number of aliphatic hydroxyl groups is 1. The predicted octanol–water partition coefficient (Wildman–Crippen LogP) is 0.825. The van der Waals surface area contributed by atoms with Gasteiger partial charge in [-0.1, -0.05) is 17.7 Å². The lowest BCUT2D eigenvalue weighted by Gasteiger charge is -2.25. The average molecular weight is 310 g/mol. The molecular formula is C15H22N2O3S. The summed E-state index contributed by atoms with van der Waals surface area (Å²) < 4.78 is 26.7. The first-order valence-electron chi connectivity index (χ1n) is 7.47. The van der Waals surface area contributed by atoms with E-state index in [1.807, 2.05) is 6.92 Å². The summed E-state index contributed by atoms with van der Waals surface area (Å²) >= 11 is 0. The van der Waals surface area contributed by atoms with Gasteiger partial charge < -0.3 is 5.11 Å². The number of β-amino-alcohol motifs (C(OH)–C–C–N with tert-alkyl or cyclic N) is 1. The van der Waals surface area contributed by atoms with E-state index in [9.17, 15) is 13.5 Å². The normalized spacial score (nSPS) is 28.3. The highest BCUT2D eigenvalue weighted by atomic mass is 32.2. The van der Waals surface area contributed by atoms with Crippen LogP contribution in [0.3, 0.4) is 0 Å². The minimum atomic E-state index is -3.50. The van der Waals surface area contributed by atoms with Gasteiger partial charge >= 0.3 is 0 Å². The maximum absolute atomic E-state index is 12.6. The molecule has 3 rings (SSSR count). The average Bonchev–Trinajstić information content (AvgIpc) is 3.08. The lowest BCUT2D eigenvalue weighted by Crippen LogP contribution is -2.41.